The molecule has 2 aromatic rings. The third kappa shape index (κ3) is 4.39. The molecule has 0 radical (unpaired) electrons. The quantitative estimate of drug-likeness (QED) is 0.789. The molecule has 1 amide bonds. The Hall–Kier alpha value is -3.22. The first-order chi connectivity index (χ1) is 11.5. The Morgan fingerprint density at radius 2 is 1.88 bits per heavy atom. The van der Waals surface area contributed by atoms with Crippen LogP contribution < -0.4 is 5.32 Å². The highest BCUT2D eigenvalue weighted by molar-refractivity contribution is 5.98. The fraction of sp³-hybridized carbons (Fsp3) is 0.176. The molecule has 7 nitrogen and oxygen atoms in total. The van der Waals surface area contributed by atoms with Crippen LogP contribution >= 0.6 is 0 Å². The Balaban J connectivity index is 2.05. The fourth-order valence-electron chi connectivity index (χ4n) is 1.96. The van der Waals surface area contributed by atoms with Crippen molar-refractivity contribution < 1.29 is 24.2 Å². The van der Waals surface area contributed by atoms with Gasteiger partial charge in [0, 0.05) is 18.1 Å². The van der Waals surface area contributed by atoms with Gasteiger partial charge in [0.05, 0.1) is 11.1 Å². The molecule has 24 heavy (non-hydrogen) atoms. The molecule has 1 atom stereocenters. The van der Waals surface area contributed by atoms with Crippen LogP contribution in [0.15, 0.2) is 48.8 Å². The van der Waals surface area contributed by atoms with Gasteiger partial charge < -0.3 is 15.2 Å². The molecule has 0 spiro atoms. The average molecular weight is 328 g/mol. The van der Waals surface area contributed by atoms with Crippen molar-refractivity contribution in [2.45, 2.75) is 19.4 Å². The molecule has 1 aromatic heterocycles. The van der Waals surface area contributed by atoms with E-state index in [1.807, 2.05) is 0 Å². The number of carbonyl (C=O) groups is 3. The lowest BCUT2D eigenvalue weighted by atomic mass is 10.2. The summed E-state index contributed by atoms with van der Waals surface area (Å²) < 4.78 is 5.20. The molecule has 1 unspecified atom stereocenters. The lowest BCUT2D eigenvalue weighted by Crippen LogP contribution is -2.32. The number of amides is 1. The second kappa shape index (κ2) is 7.87. The molecule has 0 fully saturated rings. The van der Waals surface area contributed by atoms with Gasteiger partial charge in [0.25, 0.3) is 5.91 Å². The van der Waals surface area contributed by atoms with Crippen LogP contribution in [0.3, 0.4) is 0 Å². The summed E-state index contributed by atoms with van der Waals surface area (Å²) in [5.41, 5.74) is 0.664. The van der Waals surface area contributed by atoms with Gasteiger partial charge in [0.2, 0.25) is 0 Å². The maximum Gasteiger partial charge on any atom is 0.339 e. The van der Waals surface area contributed by atoms with Crippen LogP contribution in [0.1, 0.15) is 34.1 Å². The number of rotatable bonds is 6. The van der Waals surface area contributed by atoms with Crippen molar-refractivity contribution in [3.63, 3.8) is 0 Å². The van der Waals surface area contributed by atoms with Gasteiger partial charge in [0.15, 0.2) is 6.10 Å². The smallest absolute Gasteiger partial charge is 0.339 e. The van der Waals surface area contributed by atoms with Gasteiger partial charge >= 0.3 is 11.9 Å². The van der Waals surface area contributed by atoms with E-state index in [1.165, 1.54) is 42.7 Å². The standard InChI is InChI=1S/C17H16N2O5/c1-2-14(24-17(23)11-6-8-18-9-7-11)15(20)19-13-5-3-4-12(10-13)16(21)22/h3-10,14H,2H2,1H3,(H,19,20)(H,21,22). The second-order valence-electron chi connectivity index (χ2n) is 4.91. The number of nitrogens with one attached hydrogen (secondary N) is 1. The third-order valence-electron chi connectivity index (χ3n) is 3.21. The molecule has 0 aliphatic carbocycles. The number of pyridine rings is 1. The molecule has 0 aliphatic heterocycles. The zero-order valence-corrected chi connectivity index (χ0v) is 12.9. The summed E-state index contributed by atoms with van der Waals surface area (Å²) >= 11 is 0. The highest BCUT2D eigenvalue weighted by atomic mass is 16.5. The van der Waals surface area contributed by atoms with Crippen molar-refractivity contribution >= 4 is 23.5 Å². The highest BCUT2D eigenvalue weighted by Gasteiger charge is 2.22. The molecule has 124 valence electrons. The number of carboxylic acid groups (broad SMARTS) is 1. The minimum Gasteiger partial charge on any atom is -0.478 e. The summed E-state index contributed by atoms with van der Waals surface area (Å²) in [5, 5.41) is 11.5. The fourth-order valence-corrected chi connectivity index (χ4v) is 1.96. The van der Waals surface area contributed by atoms with Gasteiger partial charge in [-0.15, -0.1) is 0 Å². The van der Waals surface area contributed by atoms with E-state index < -0.39 is 23.9 Å². The lowest BCUT2D eigenvalue weighted by molar-refractivity contribution is -0.124. The number of anilines is 1. The van der Waals surface area contributed by atoms with Crippen LogP contribution in [0.4, 0.5) is 5.69 Å². The van der Waals surface area contributed by atoms with Crippen LogP contribution in [0, 0.1) is 0 Å². The molecule has 0 aliphatic rings. The molecule has 0 bridgehead atoms. The maximum atomic E-state index is 12.2. The van der Waals surface area contributed by atoms with E-state index in [4.69, 9.17) is 9.84 Å². The van der Waals surface area contributed by atoms with E-state index in [-0.39, 0.29) is 12.0 Å². The second-order valence-corrected chi connectivity index (χ2v) is 4.91. The van der Waals surface area contributed by atoms with Gasteiger partial charge in [-0.2, -0.15) is 0 Å². The number of carbonyl (C=O) groups excluding carboxylic acids is 2. The molecule has 1 heterocycles. The number of aromatic carboxylic acids is 1. The van der Waals surface area contributed by atoms with Crippen LogP contribution in [0.25, 0.3) is 0 Å². The number of hydrogen-bond donors (Lipinski definition) is 2. The van der Waals surface area contributed by atoms with Gasteiger partial charge in [-0.25, -0.2) is 9.59 Å². The van der Waals surface area contributed by atoms with E-state index in [0.29, 0.717) is 11.3 Å². The first-order valence-electron chi connectivity index (χ1n) is 7.26. The summed E-state index contributed by atoms with van der Waals surface area (Å²) in [6, 6.07) is 8.80. The monoisotopic (exact) mass is 328 g/mol. The number of hydrogen-bond acceptors (Lipinski definition) is 5. The summed E-state index contributed by atoms with van der Waals surface area (Å²) in [7, 11) is 0. The average Bonchev–Trinajstić information content (AvgIpc) is 2.60. The molecule has 2 rings (SSSR count). The lowest BCUT2D eigenvalue weighted by Gasteiger charge is -2.16. The molecular formula is C17H16N2O5. The van der Waals surface area contributed by atoms with Crippen molar-refractivity contribution in [1.29, 1.82) is 0 Å². The number of esters is 1. The van der Waals surface area contributed by atoms with Crippen molar-refractivity contribution in [2.75, 3.05) is 5.32 Å². The Kier molecular flexibility index (Phi) is 5.62. The normalized spacial score (nSPS) is 11.4. The Bertz CT molecular complexity index is 746. The van der Waals surface area contributed by atoms with Crippen LogP contribution in [-0.4, -0.2) is 34.0 Å². The SMILES string of the molecule is CCC(OC(=O)c1ccncc1)C(=O)Nc1cccc(C(=O)O)c1. The van der Waals surface area contributed by atoms with Crippen molar-refractivity contribution in [3.8, 4) is 0 Å². The summed E-state index contributed by atoms with van der Waals surface area (Å²) in [6.07, 6.45) is 2.20. The zero-order valence-electron chi connectivity index (χ0n) is 12.9. The van der Waals surface area contributed by atoms with E-state index in [0.717, 1.165) is 0 Å². The highest BCUT2D eigenvalue weighted by Crippen LogP contribution is 2.13. The number of benzene rings is 1. The summed E-state index contributed by atoms with van der Waals surface area (Å²) in [4.78, 5) is 39.0. The molecule has 7 heteroatoms. The Morgan fingerprint density at radius 1 is 1.17 bits per heavy atom. The van der Waals surface area contributed by atoms with E-state index in [1.54, 1.807) is 13.0 Å². The van der Waals surface area contributed by atoms with E-state index in [2.05, 4.69) is 10.3 Å². The van der Waals surface area contributed by atoms with Gasteiger partial charge in [-0.05, 0) is 36.8 Å². The van der Waals surface area contributed by atoms with Crippen molar-refractivity contribution in [3.05, 3.63) is 59.9 Å². The van der Waals surface area contributed by atoms with E-state index in [9.17, 15) is 14.4 Å². The Morgan fingerprint density at radius 3 is 2.50 bits per heavy atom. The predicted molar refractivity (Wildman–Crippen MR) is 85.8 cm³/mol. The minimum absolute atomic E-state index is 0.0506. The first kappa shape index (κ1) is 17.1. The van der Waals surface area contributed by atoms with Gasteiger partial charge in [0.1, 0.15) is 0 Å². The first-order valence-corrected chi connectivity index (χ1v) is 7.26. The number of nitrogens with zero attached hydrogens (tertiary/aromatic N) is 1. The molecule has 0 saturated heterocycles. The third-order valence-corrected chi connectivity index (χ3v) is 3.21. The molecular weight excluding hydrogens is 312 g/mol. The van der Waals surface area contributed by atoms with Crippen LogP contribution in [0.5, 0.6) is 0 Å². The van der Waals surface area contributed by atoms with Crippen molar-refractivity contribution in [2.24, 2.45) is 0 Å². The predicted octanol–water partition coefficient (Wildman–Crippen LogP) is 2.35. The molecule has 0 saturated carbocycles. The number of aromatic nitrogens is 1. The topological polar surface area (TPSA) is 106 Å². The summed E-state index contributed by atoms with van der Waals surface area (Å²) in [5.74, 6) is -2.25. The molecule has 2 N–H and O–H groups in total. The van der Waals surface area contributed by atoms with Crippen LogP contribution in [0.2, 0.25) is 0 Å². The maximum absolute atomic E-state index is 12.2. The van der Waals surface area contributed by atoms with Gasteiger partial charge in [-0.3, -0.25) is 9.78 Å². The minimum atomic E-state index is -1.10. The van der Waals surface area contributed by atoms with E-state index >= 15 is 0 Å². The van der Waals surface area contributed by atoms with Crippen LogP contribution in [-0.2, 0) is 9.53 Å². The number of ether oxygens (including phenoxy) is 1. The largest absolute Gasteiger partial charge is 0.478 e. The summed E-state index contributed by atoms with van der Waals surface area (Å²) in [6.45, 7) is 1.71. The van der Waals surface area contributed by atoms with Gasteiger partial charge in [-0.1, -0.05) is 13.0 Å². The van der Waals surface area contributed by atoms with Crippen molar-refractivity contribution in [1.82, 2.24) is 4.98 Å². The zero-order chi connectivity index (χ0) is 17.5. The Labute approximate surface area is 138 Å². The molecule has 1 aromatic carbocycles. The number of carboxylic acids is 1.